The van der Waals surface area contributed by atoms with Gasteiger partial charge < -0.3 is 20.3 Å². The van der Waals surface area contributed by atoms with E-state index in [2.05, 4.69) is 0 Å². The molecule has 2 atom stereocenters. The molecule has 1 aromatic carbocycles. The molecule has 0 spiro atoms. The van der Waals surface area contributed by atoms with Gasteiger partial charge in [-0.3, -0.25) is 0 Å². The minimum absolute atomic E-state index is 0.0324. The Balaban J connectivity index is 2.09. The first-order valence-electron chi connectivity index (χ1n) is 6.42. The first-order valence-corrected chi connectivity index (χ1v) is 6.42. The fourth-order valence-corrected chi connectivity index (χ4v) is 2.37. The summed E-state index contributed by atoms with van der Waals surface area (Å²) in [5, 5.41) is 8.97. The van der Waals surface area contributed by atoms with Crippen molar-refractivity contribution in [2.75, 3.05) is 12.8 Å². The third-order valence-electron chi connectivity index (χ3n) is 3.47. The van der Waals surface area contributed by atoms with Gasteiger partial charge in [0.25, 0.3) is 0 Å². The first kappa shape index (κ1) is 13.7. The third-order valence-corrected chi connectivity index (χ3v) is 3.47. The molecule has 3 N–H and O–H groups in total. The molecule has 2 rings (SSSR count). The molecule has 2 unspecified atom stereocenters. The van der Waals surface area contributed by atoms with Gasteiger partial charge in [-0.05, 0) is 37.5 Å². The van der Waals surface area contributed by atoms with Crippen molar-refractivity contribution in [3.8, 4) is 5.75 Å². The van der Waals surface area contributed by atoms with Gasteiger partial charge in [0.15, 0.2) is 0 Å². The molecular formula is C14H19NO4. The molecule has 0 heterocycles. The number of rotatable bonds is 4. The Morgan fingerprint density at radius 1 is 1.37 bits per heavy atom. The van der Waals surface area contributed by atoms with E-state index >= 15 is 0 Å². The van der Waals surface area contributed by atoms with Gasteiger partial charge in [0, 0.05) is 13.5 Å². The molecule has 0 aliphatic heterocycles. The lowest BCUT2D eigenvalue weighted by Crippen LogP contribution is -2.29. The highest BCUT2D eigenvalue weighted by Crippen LogP contribution is 2.29. The zero-order valence-electron chi connectivity index (χ0n) is 11.0. The van der Waals surface area contributed by atoms with E-state index in [1.807, 2.05) is 0 Å². The fourth-order valence-electron chi connectivity index (χ4n) is 2.37. The Morgan fingerprint density at radius 3 is 2.79 bits per heavy atom. The first-order chi connectivity index (χ1) is 9.10. The van der Waals surface area contributed by atoms with Crippen LogP contribution in [0.15, 0.2) is 18.2 Å². The number of nitrogens with two attached hydrogens (primary N) is 1. The fraction of sp³-hybridized carbons (Fsp3) is 0.500. The topological polar surface area (TPSA) is 81.8 Å². The lowest BCUT2D eigenvalue weighted by molar-refractivity contribution is 0.0211. The van der Waals surface area contributed by atoms with Gasteiger partial charge in [-0.1, -0.05) is 0 Å². The lowest BCUT2D eigenvalue weighted by Gasteiger charge is -2.29. The van der Waals surface area contributed by atoms with Gasteiger partial charge in [0.2, 0.25) is 0 Å². The van der Waals surface area contributed by atoms with Crippen molar-refractivity contribution in [1.82, 2.24) is 0 Å². The summed E-state index contributed by atoms with van der Waals surface area (Å²) in [6.45, 7) is 0. The van der Waals surface area contributed by atoms with Crippen molar-refractivity contribution in [3.05, 3.63) is 23.8 Å². The summed E-state index contributed by atoms with van der Waals surface area (Å²) in [7, 11) is 1.70. The maximum Gasteiger partial charge on any atom is 0.335 e. The highest BCUT2D eigenvalue weighted by molar-refractivity contribution is 5.89. The SMILES string of the molecule is COC1CCCC(Oc2cc(C(=O)O)ccc2N)C1. The number of benzene rings is 1. The van der Waals surface area contributed by atoms with Crippen LogP contribution in [0.1, 0.15) is 36.0 Å². The van der Waals surface area contributed by atoms with E-state index in [1.165, 1.54) is 12.1 Å². The van der Waals surface area contributed by atoms with Crippen LogP contribution in [0.5, 0.6) is 5.75 Å². The zero-order valence-corrected chi connectivity index (χ0v) is 11.0. The van der Waals surface area contributed by atoms with Crippen LogP contribution in [0.2, 0.25) is 0 Å². The summed E-state index contributed by atoms with van der Waals surface area (Å²) in [6, 6.07) is 4.52. The number of aromatic carboxylic acids is 1. The summed E-state index contributed by atoms with van der Waals surface area (Å²) in [5.74, 6) is -0.537. The normalized spacial score (nSPS) is 23.0. The van der Waals surface area contributed by atoms with Crippen molar-refractivity contribution in [1.29, 1.82) is 0 Å². The predicted octanol–water partition coefficient (Wildman–Crippen LogP) is 2.30. The van der Waals surface area contributed by atoms with Crippen LogP contribution in [0.4, 0.5) is 5.69 Å². The van der Waals surface area contributed by atoms with Crippen molar-refractivity contribution in [2.45, 2.75) is 37.9 Å². The monoisotopic (exact) mass is 265 g/mol. The molecule has 0 aromatic heterocycles. The van der Waals surface area contributed by atoms with E-state index < -0.39 is 5.97 Å². The number of carbonyl (C=O) groups is 1. The van der Waals surface area contributed by atoms with Gasteiger partial charge in [0.1, 0.15) is 11.9 Å². The van der Waals surface area contributed by atoms with E-state index in [0.29, 0.717) is 11.4 Å². The van der Waals surface area contributed by atoms with E-state index in [0.717, 1.165) is 25.7 Å². The van der Waals surface area contributed by atoms with Gasteiger partial charge in [-0.2, -0.15) is 0 Å². The largest absolute Gasteiger partial charge is 0.488 e. The quantitative estimate of drug-likeness (QED) is 0.816. The van der Waals surface area contributed by atoms with Crippen LogP contribution in [-0.2, 0) is 4.74 Å². The molecule has 1 aliphatic carbocycles. The molecule has 0 amide bonds. The molecular weight excluding hydrogens is 246 g/mol. The Kier molecular flexibility index (Phi) is 4.27. The number of hydrogen-bond donors (Lipinski definition) is 2. The Labute approximate surface area is 112 Å². The summed E-state index contributed by atoms with van der Waals surface area (Å²) in [5.41, 5.74) is 6.47. The molecule has 104 valence electrons. The van der Waals surface area contributed by atoms with E-state index in [1.54, 1.807) is 13.2 Å². The molecule has 19 heavy (non-hydrogen) atoms. The molecule has 1 aromatic rings. The minimum Gasteiger partial charge on any atom is -0.488 e. The smallest absolute Gasteiger partial charge is 0.335 e. The van der Waals surface area contributed by atoms with Crippen molar-refractivity contribution >= 4 is 11.7 Å². The van der Waals surface area contributed by atoms with Crippen LogP contribution < -0.4 is 10.5 Å². The zero-order chi connectivity index (χ0) is 13.8. The second kappa shape index (κ2) is 5.93. The van der Waals surface area contributed by atoms with Crippen LogP contribution >= 0.6 is 0 Å². The highest BCUT2D eigenvalue weighted by atomic mass is 16.5. The van der Waals surface area contributed by atoms with Crippen LogP contribution in [-0.4, -0.2) is 30.4 Å². The molecule has 1 saturated carbocycles. The Hall–Kier alpha value is -1.75. The van der Waals surface area contributed by atoms with Gasteiger partial charge in [0.05, 0.1) is 17.4 Å². The molecule has 0 bridgehead atoms. The standard InChI is InChI=1S/C14H19NO4/c1-18-10-3-2-4-11(8-10)19-13-7-9(14(16)17)5-6-12(13)15/h5-7,10-11H,2-4,8,15H2,1H3,(H,16,17). The number of anilines is 1. The second-order valence-electron chi connectivity index (χ2n) is 4.82. The lowest BCUT2D eigenvalue weighted by atomic mass is 9.95. The van der Waals surface area contributed by atoms with Gasteiger partial charge in [-0.25, -0.2) is 4.79 Å². The van der Waals surface area contributed by atoms with Crippen molar-refractivity contribution in [2.24, 2.45) is 0 Å². The minimum atomic E-state index is -0.983. The number of nitrogen functional groups attached to an aromatic ring is 1. The molecule has 5 nitrogen and oxygen atoms in total. The summed E-state index contributed by atoms with van der Waals surface area (Å²) >= 11 is 0. The number of methoxy groups -OCH3 is 1. The van der Waals surface area contributed by atoms with Crippen LogP contribution in [0.25, 0.3) is 0 Å². The summed E-state index contributed by atoms with van der Waals surface area (Å²) < 4.78 is 11.2. The van der Waals surface area contributed by atoms with Crippen molar-refractivity contribution < 1.29 is 19.4 Å². The highest BCUT2D eigenvalue weighted by Gasteiger charge is 2.23. The molecule has 5 heteroatoms. The molecule has 0 saturated heterocycles. The van der Waals surface area contributed by atoms with Crippen LogP contribution in [0, 0.1) is 0 Å². The Morgan fingerprint density at radius 2 is 2.11 bits per heavy atom. The molecule has 1 fully saturated rings. The second-order valence-corrected chi connectivity index (χ2v) is 4.82. The Bertz CT molecular complexity index is 461. The maximum atomic E-state index is 10.9. The predicted molar refractivity (Wildman–Crippen MR) is 71.5 cm³/mol. The molecule has 0 radical (unpaired) electrons. The van der Waals surface area contributed by atoms with E-state index in [4.69, 9.17) is 20.3 Å². The number of ether oxygens (including phenoxy) is 2. The van der Waals surface area contributed by atoms with Crippen molar-refractivity contribution in [3.63, 3.8) is 0 Å². The van der Waals surface area contributed by atoms with Gasteiger partial charge in [-0.15, -0.1) is 0 Å². The molecule has 1 aliphatic rings. The van der Waals surface area contributed by atoms with E-state index in [9.17, 15) is 4.79 Å². The number of carboxylic acids is 1. The maximum absolute atomic E-state index is 10.9. The van der Waals surface area contributed by atoms with Gasteiger partial charge >= 0.3 is 5.97 Å². The van der Waals surface area contributed by atoms with Crippen LogP contribution in [0.3, 0.4) is 0 Å². The summed E-state index contributed by atoms with van der Waals surface area (Å²) in [4.78, 5) is 10.9. The third kappa shape index (κ3) is 3.38. The number of hydrogen-bond acceptors (Lipinski definition) is 4. The van der Waals surface area contributed by atoms with E-state index in [-0.39, 0.29) is 17.8 Å². The average molecular weight is 265 g/mol. The summed E-state index contributed by atoms with van der Waals surface area (Å²) in [6.07, 6.45) is 4.08. The number of carboxylic acid groups (broad SMARTS) is 1. The average Bonchev–Trinajstić information content (AvgIpc) is 2.41.